The quantitative estimate of drug-likeness (QED) is 0.602. The van der Waals surface area contributed by atoms with E-state index in [0.717, 1.165) is 23.2 Å². The Bertz CT molecular complexity index is 834. The number of benzene rings is 2. The van der Waals surface area contributed by atoms with Crippen LogP contribution in [0.2, 0.25) is 0 Å². The lowest BCUT2D eigenvalue weighted by molar-refractivity contribution is -0.147. The fourth-order valence-corrected chi connectivity index (χ4v) is 2.95. The number of para-hydroxylation sites is 1. The minimum Gasteiger partial charge on any atom is -0.493 e. The minimum atomic E-state index is -0.426. The van der Waals surface area contributed by atoms with Crippen LogP contribution in [0.25, 0.3) is 0 Å². The molecule has 1 N–H and O–H groups in total. The van der Waals surface area contributed by atoms with E-state index in [1.54, 1.807) is 20.3 Å². The molecule has 0 aromatic heterocycles. The van der Waals surface area contributed by atoms with E-state index < -0.39 is 5.97 Å². The fraction of sp³-hybridized carbons (Fsp3) is 0.391. The topological polar surface area (TPSA) is 73.9 Å². The van der Waals surface area contributed by atoms with Gasteiger partial charge in [-0.05, 0) is 48.1 Å². The molecule has 0 heterocycles. The van der Waals surface area contributed by atoms with Gasteiger partial charge in [0.05, 0.1) is 14.2 Å². The van der Waals surface area contributed by atoms with E-state index >= 15 is 0 Å². The molecule has 0 radical (unpaired) electrons. The third-order valence-electron chi connectivity index (χ3n) is 4.81. The van der Waals surface area contributed by atoms with E-state index in [-0.39, 0.29) is 18.9 Å². The van der Waals surface area contributed by atoms with Crippen molar-refractivity contribution in [2.45, 2.75) is 39.0 Å². The lowest BCUT2D eigenvalue weighted by Gasteiger charge is -2.15. The smallest absolute Gasteiger partial charge is 0.306 e. The molecule has 0 bridgehead atoms. The third-order valence-corrected chi connectivity index (χ3v) is 4.81. The van der Waals surface area contributed by atoms with Crippen LogP contribution in [0.15, 0.2) is 42.5 Å². The second-order valence-corrected chi connectivity index (χ2v) is 6.79. The van der Waals surface area contributed by atoms with Gasteiger partial charge in [-0.1, -0.05) is 38.1 Å². The van der Waals surface area contributed by atoms with Crippen molar-refractivity contribution in [2.24, 2.45) is 0 Å². The molecule has 0 aliphatic heterocycles. The Morgan fingerprint density at radius 1 is 1.03 bits per heavy atom. The summed E-state index contributed by atoms with van der Waals surface area (Å²) in [6.07, 6.45) is 1.63. The molecule has 6 heteroatoms. The van der Waals surface area contributed by atoms with Crippen molar-refractivity contribution in [2.75, 3.05) is 26.1 Å². The number of methoxy groups -OCH3 is 2. The Balaban J connectivity index is 1.83. The molecular formula is C23H29NO5. The summed E-state index contributed by atoms with van der Waals surface area (Å²) in [5.74, 6) is 0.798. The Morgan fingerprint density at radius 3 is 2.45 bits per heavy atom. The number of hydrogen-bond donors (Lipinski definition) is 1. The van der Waals surface area contributed by atoms with Crippen molar-refractivity contribution in [1.29, 1.82) is 0 Å². The molecule has 2 aromatic rings. The summed E-state index contributed by atoms with van der Waals surface area (Å²) in [6.45, 7) is 3.90. The van der Waals surface area contributed by atoms with Crippen molar-refractivity contribution >= 4 is 17.6 Å². The molecule has 2 aromatic carbocycles. The predicted molar refractivity (Wildman–Crippen MR) is 113 cm³/mol. The van der Waals surface area contributed by atoms with Gasteiger partial charge in [0.1, 0.15) is 0 Å². The van der Waals surface area contributed by atoms with Crippen molar-refractivity contribution in [3.05, 3.63) is 53.6 Å². The van der Waals surface area contributed by atoms with Gasteiger partial charge in [0.25, 0.3) is 5.91 Å². The van der Waals surface area contributed by atoms with Gasteiger partial charge < -0.3 is 19.5 Å². The number of hydrogen-bond acceptors (Lipinski definition) is 5. The fourth-order valence-electron chi connectivity index (χ4n) is 2.95. The molecule has 1 amide bonds. The van der Waals surface area contributed by atoms with E-state index in [9.17, 15) is 9.59 Å². The van der Waals surface area contributed by atoms with Gasteiger partial charge in [0.15, 0.2) is 18.1 Å². The molecule has 0 spiro atoms. The number of aryl methyl sites for hydroxylation is 1. The highest BCUT2D eigenvalue weighted by Gasteiger charge is 2.13. The second-order valence-electron chi connectivity index (χ2n) is 6.79. The predicted octanol–water partition coefficient (Wildman–Crippen LogP) is 4.33. The second kappa shape index (κ2) is 11.1. The first kappa shape index (κ1) is 22.3. The molecule has 0 saturated carbocycles. The van der Waals surface area contributed by atoms with Gasteiger partial charge in [0, 0.05) is 12.1 Å². The molecule has 0 aliphatic rings. The Hall–Kier alpha value is -3.02. The van der Waals surface area contributed by atoms with E-state index in [1.807, 2.05) is 36.4 Å². The summed E-state index contributed by atoms with van der Waals surface area (Å²) in [5.41, 5.74) is 2.75. The number of carbonyl (C=O) groups is 2. The van der Waals surface area contributed by atoms with Crippen LogP contribution in [0.1, 0.15) is 43.7 Å². The zero-order valence-corrected chi connectivity index (χ0v) is 17.5. The minimum absolute atomic E-state index is 0.173. The van der Waals surface area contributed by atoms with Crippen LogP contribution >= 0.6 is 0 Å². The van der Waals surface area contributed by atoms with Crippen LogP contribution < -0.4 is 14.8 Å². The van der Waals surface area contributed by atoms with Crippen LogP contribution in [0, 0.1) is 0 Å². The average Bonchev–Trinajstić information content (AvgIpc) is 2.75. The largest absolute Gasteiger partial charge is 0.493 e. The first-order valence-electron chi connectivity index (χ1n) is 9.73. The number of rotatable bonds is 10. The zero-order valence-electron chi connectivity index (χ0n) is 17.5. The van der Waals surface area contributed by atoms with Crippen LogP contribution in [0.4, 0.5) is 5.69 Å². The third kappa shape index (κ3) is 6.52. The summed E-state index contributed by atoms with van der Waals surface area (Å²) in [6, 6.07) is 13.2. The Morgan fingerprint density at radius 2 is 1.76 bits per heavy atom. The highest BCUT2D eigenvalue weighted by molar-refractivity contribution is 5.93. The van der Waals surface area contributed by atoms with E-state index in [1.165, 1.54) is 0 Å². The molecular weight excluding hydrogens is 370 g/mol. The highest BCUT2D eigenvalue weighted by Crippen LogP contribution is 2.28. The number of carbonyl (C=O) groups excluding carboxylic acids is 2. The van der Waals surface area contributed by atoms with E-state index in [0.29, 0.717) is 23.8 Å². The van der Waals surface area contributed by atoms with E-state index in [4.69, 9.17) is 14.2 Å². The summed E-state index contributed by atoms with van der Waals surface area (Å²) < 4.78 is 15.6. The molecule has 2 rings (SSSR count). The first-order valence-corrected chi connectivity index (χ1v) is 9.73. The monoisotopic (exact) mass is 399 g/mol. The van der Waals surface area contributed by atoms with Crippen molar-refractivity contribution < 1.29 is 23.8 Å². The van der Waals surface area contributed by atoms with Crippen LogP contribution in [-0.2, 0) is 20.7 Å². The van der Waals surface area contributed by atoms with Crippen LogP contribution in [-0.4, -0.2) is 32.7 Å². The molecule has 0 saturated heterocycles. The number of ether oxygens (including phenoxy) is 3. The summed E-state index contributed by atoms with van der Waals surface area (Å²) in [4.78, 5) is 24.2. The summed E-state index contributed by atoms with van der Waals surface area (Å²) in [5, 5.41) is 2.84. The Kier molecular flexibility index (Phi) is 8.52. The van der Waals surface area contributed by atoms with Crippen LogP contribution in [0.5, 0.6) is 11.5 Å². The summed E-state index contributed by atoms with van der Waals surface area (Å²) >= 11 is 0. The van der Waals surface area contributed by atoms with Crippen molar-refractivity contribution in [3.8, 4) is 11.5 Å². The standard InChI is InChI=1S/C23H29NO5/c1-5-16(2)18-8-6-7-9-19(18)24-22(25)15-29-23(26)13-11-17-10-12-20(27-3)21(14-17)28-4/h6-10,12,14,16H,5,11,13,15H2,1-4H3,(H,24,25)/t16-/m0/s1. The number of amides is 1. The molecule has 0 unspecified atom stereocenters. The molecule has 29 heavy (non-hydrogen) atoms. The number of esters is 1. The maximum atomic E-state index is 12.2. The van der Waals surface area contributed by atoms with Gasteiger partial charge >= 0.3 is 5.97 Å². The first-order chi connectivity index (χ1) is 14.0. The number of nitrogens with one attached hydrogen (secondary N) is 1. The van der Waals surface area contributed by atoms with Gasteiger partial charge in [0.2, 0.25) is 0 Å². The van der Waals surface area contributed by atoms with Gasteiger partial charge in [-0.3, -0.25) is 9.59 Å². The van der Waals surface area contributed by atoms with Crippen molar-refractivity contribution in [3.63, 3.8) is 0 Å². The molecule has 0 fully saturated rings. The highest BCUT2D eigenvalue weighted by atomic mass is 16.5. The Labute approximate surface area is 172 Å². The van der Waals surface area contributed by atoms with Crippen LogP contribution in [0.3, 0.4) is 0 Å². The van der Waals surface area contributed by atoms with E-state index in [2.05, 4.69) is 19.2 Å². The molecule has 0 aliphatic carbocycles. The lowest BCUT2D eigenvalue weighted by atomic mass is 9.97. The SMILES string of the molecule is CC[C@H](C)c1ccccc1NC(=O)COC(=O)CCc1ccc(OC)c(OC)c1. The number of anilines is 1. The molecule has 156 valence electrons. The molecule has 6 nitrogen and oxygen atoms in total. The van der Waals surface area contributed by atoms with Crippen molar-refractivity contribution in [1.82, 2.24) is 0 Å². The molecule has 1 atom stereocenters. The lowest BCUT2D eigenvalue weighted by Crippen LogP contribution is -2.21. The summed E-state index contributed by atoms with van der Waals surface area (Å²) in [7, 11) is 3.13. The van der Waals surface area contributed by atoms with Gasteiger partial charge in [-0.15, -0.1) is 0 Å². The maximum Gasteiger partial charge on any atom is 0.306 e. The van der Waals surface area contributed by atoms with Gasteiger partial charge in [-0.2, -0.15) is 0 Å². The zero-order chi connectivity index (χ0) is 21.2. The maximum absolute atomic E-state index is 12.2. The average molecular weight is 399 g/mol. The van der Waals surface area contributed by atoms with Gasteiger partial charge in [-0.25, -0.2) is 0 Å². The normalized spacial score (nSPS) is 11.4.